The largest absolute Gasteiger partial charge is 0.508 e. The van der Waals surface area contributed by atoms with Crippen LogP contribution in [0.2, 0.25) is 0 Å². The molecule has 3 rings (SSSR count). The molecule has 0 saturated carbocycles. The number of benzene rings is 3. The van der Waals surface area contributed by atoms with E-state index in [4.69, 9.17) is 16.2 Å². The van der Waals surface area contributed by atoms with E-state index in [-0.39, 0.29) is 44.3 Å². The number of nitrogens with two attached hydrogens (primary N) is 2. The Balaban J connectivity index is 1.76. The minimum absolute atomic E-state index is 0.0318. The topological polar surface area (TPSA) is 222 Å². The van der Waals surface area contributed by atoms with Crippen LogP contribution in [0.15, 0.2) is 71.7 Å². The van der Waals surface area contributed by atoms with Gasteiger partial charge in [-0.05, 0) is 55.5 Å². The quantitative estimate of drug-likeness (QED) is 0.0488. The molecular weight excluding hydrogens is 690 g/mol. The summed E-state index contributed by atoms with van der Waals surface area (Å²) < 4.78 is 34.8. The van der Waals surface area contributed by atoms with Crippen LogP contribution >= 0.6 is 0 Å². The van der Waals surface area contributed by atoms with Crippen LogP contribution in [-0.2, 0) is 20.9 Å². The van der Waals surface area contributed by atoms with Crippen LogP contribution in [0, 0.1) is 11.6 Å². The van der Waals surface area contributed by atoms with E-state index in [0.717, 1.165) is 25.0 Å². The lowest BCUT2D eigenvalue weighted by Gasteiger charge is -2.23. The number of rotatable bonds is 20. The highest BCUT2D eigenvalue weighted by atomic mass is 19.1. The van der Waals surface area contributed by atoms with Gasteiger partial charge in [0.2, 0.25) is 17.7 Å². The molecule has 0 bridgehead atoms. The van der Waals surface area contributed by atoms with Crippen LogP contribution in [0.25, 0.3) is 0 Å². The molecule has 14 nitrogen and oxygen atoms in total. The normalized spacial score (nSPS) is 12.3. The number of hydrogen-bond acceptors (Lipinski definition) is 8. The Kier molecular flexibility index (Phi) is 17.5. The monoisotopic (exact) mass is 738 g/mol. The van der Waals surface area contributed by atoms with Gasteiger partial charge in [-0.2, -0.15) is 0 Å². The third-order valence-corrected chi connectivity index (χ3v) is 7.88. The Morgan fingerprint density at radius 2 is 1.57 bits per heavy atom. The minimum Gasteiger partial charge on any atom is -0.508 e. The number of ether oxygens (including phenoxy) is 1. The molecule has 0 saturated heterocycles. The fraction of sp³-hybridized carbons (Fsp3) is 0.378. The molecule has 0 spiro atoms. The molecule has 0 unspecified atom stereocenters. The summed E-state index contributed by atoms with van der Waals surface area (Å²) in [6, 6.07) is 15.7. The smallest absolute Gasteiger partial charge is 0.321 e. The van der Waals surface area contributed by atoms with Gasteiger partial charge in [0.15, 0.2) is 5.96 Å². The first-order valence-corrected chi connectivity index (χ1v) is 17.4. The molecule has 0 aliphatic rings. The summed E-state index contributed by atoms with van der Waals surface area (Å²) in [6.07, 6.45) is 2.12. The van der Waals surface area contributed by atoms with E-state index >= 15 is 0 Å². The molecule has 10 N–H and O–H groups in total. The summed E-state index contributed by atoms with van der Waals surface area (Å²) in [5.41, 5.74) is 12.2. The van der Waals surface area contributed by atoms with Crippen molar-refractivity contribution in [2.24, 2.45) is 16.5 Å². The maximum atomic E-state index is 14.4. The van der Waals surface area contributed by atoms with Crippen LogP contribution in [0.5, 0.6) is 11.5 Å². The summed E-state index contributed by atoms with van der Waals surface area (Å²) in [7, 11) is 0. The van der Waals surface area contributed by atoms with E-state index in [1.54, 1.807) is 55.5 Å². The average molecular weight is 739 g/mol. The van der Waals surface area contributed by atoms with Crippen molar-refractivity contribution in [3.63, 3.8) is 0 Å². The number of nitrogens with zero attached hydrogens (tertiary/aromatic N) is 1. The number of carbonyl (C=O) groups is 4. The van der Waals surface area contributed by atoms with Gasteiger partial charge in [0, 0.05) is 50.3 Å². The average Bonchev–Trinajstić information content (AvgIpc) is 3.13. The molecule has 3 aromatic rings. The SMILES string of the molecule is CCC(=O)NCCNC(=O)NC(N)=NCCC[C@@H](NC(=O)[C@@H](c1ccccc1)c1cccc(OCCCCN)c1)C(=O)NCc1c(F)cc(O)cc1F. The van der Waals surface area contributed by atoms with E-state index in [1.807, 2.05) is 6.07 Å². The fourth-order valence-corrected chi connectivity index (χ4v) is 5.14. The maximum absolute atomic E-state index is 14.4. The molecule has 0 aliphatic carbocycles. The highest BCUT2D eigenvalue weighted by Gasteiger charge is 2.28. The predicted octanol–water partition coefficient (Wildman–Crippen LogP) is 2.64. The molecule has 5 amide bonds. The zero-order valence-electron chi connectivity index (χ0n) is 29.6. The van der Waals surface area contributed by atoms with Gasteiger partial charge in [0.05, 0.1) is 12.5 Å². The standard InChI is InChI=1S/C37H48F2N8O6/c1-2-32(49)42-17-18-44-37(52)47-36(41)43-16-9-14-31(34(50)45-23-28-29(38)21-26(48)22-30(28)39)46-35(51)33(24-10-4-3-5-11-24)25-12-8-13-27(20-25)53-19-7-6-15-40/h3-5,8,10-13,20-22,31,33,48H,2,6-7,9,14-19,23,40H2,1H3,(H,42,49)(H,45,50)(H,46,51)(H4,41,43,44,47,52)/t31-,33+/m1/s1. The second-order valence-electron chi connectivity index (χ2n) is 11.9. The Labute approximate surface area is 307 Å². The van der Waals surface area contributed by atoms with Crippen LogP contribution in [0.4, 0.5) is 13.6 Å². The zero-order chi connectivity index (χ0) is 38.6. The van der Waals surface area contributed by atoms with Gasteiger partial charge in [0.1, 0.15) is 29.2 Å². The second-order valence-corrected chi connectivity index (χ2v) is 11.9. The summed E-state index contributed by atoms with van der Waals surface area (Å²) in [4.78, 5) is 55.1. The van der Waals surface area contributed by atoms with Crippen molar-refractivity contribution in [1.82, 2.24) is 26.6 Å². The fourth-order valence-electron chi connectivity index (χ4n) is 5.14. The predicted molar refractivity (Wildman–Crippen MR) is 196 cm³/mol. The van der Waals surface area contributed by atoms with Crippen molar-refractivity contribution in [3.8, 4) is 11.5 Å². The molecule has 2 atom stereocenters. The molecule has 0 radical (unpaired) electrons. The van der Waals surface area contributed by atoms with Crippen LogP contribution < -0.4 is 42.8 Å². The van der Waals surface area contributed by atoms with Gasteiger partial charge >= 0.3 is 6.03 Å². The molecule has 16 heteroatoms. The summed E-state index contributed by atoms with van der Waals surface area (Å²) in [5.74, 6) is -4.61. The second kappa shape index (κ2) is 22.2. The van der Waals surface area contributed by atoms with E-state index in [0.29, 0.717) is 36.4 Å². The number of guanidine groups is 1. The van der Waals surface area contributed by atoms with Gasteiger partial charge in [-0.1, -0.05) is 49.4 Å². The molecule has 286 valence electrons. The number of phenolic OH excluding ortho intramolecular Hbond substituents is 1. The van der Waals surface area contributed by atoms with Gasteiger partial charge in [-0.3, -0.25) is 24.7 Å². The van der Waals surface area contributed by atoms with Gasteiger partial charge < -0.3 is 42.6 Å². The van der Waals surface area contributed by atoms with Crippen LogP contribution in [0.1, 0.15) is 61.6 Å². The lowest BCUT2D eigenvalue weighted by molar-refractivity contribution is -0.129. The highest BCUT2D eigenvalue weighted by molar-refractivity contribution is 5.95. The third kappa shape index (κ3) is 14.4. The Bertz CT molecular complexity index is 1670. The summed E-state index contributed by atoms with van der Waals surface area (Å²) in [5, 5.41) is 22.3. The maximum Gasteiger partial charge on any atom is 0.321 e. The molecule has 0 aromatic heterocycles. The Morgan fingerprint density at radius 3 is 2.26 bits per heavy atom. The number of urea groups is 1. The molecule has 0 aliphatic heterocycles. The van der Waals surface area contributed by atoms with Gasteiger partial charge in [-0.15, -0.1) is 0 Å². The molecular formula is C37H48F2N8O6. The number of unbranched alkanes of at least 4 members (excludes halogenated alkanes) is 1. The van der Waals surface area contributed by atoms with Gasteiger partial charge in [0.25, 0.3) is 0 Å². The zero-order valence-corrected chi connectivity index (χ0v) is 29.6. The number of phenols is 1. The number of nitrogens with one attached hydrogen (secondary N) is 5. The van der Waals surface area contributed by atoms with E-state index in [2.05, 4.69) is 31.6 Å². The van der Waals surface area contributed by atoms with Crippen LogP contribution in [0.3, 0.4) is 0 Å². The van der Waals surface area contributed by atoms with E-state index in [9.17, 15) is 33.1 Å². The van der Waals surface area contributed by atoms with Crippen molar-refractivity contribution in [1.29, 1.82) is 0 Å². The van der Waals surface area contributed by atoms with Crippen molar-refractivity contribution in [3.05, 3.63) is 95.1 Å². The Morgan fingerprint density at radius 1 is 0.868 bits per heavy atom. The van der Waals surface area contributed by atoms with Crippen molar-refractivity contribution < 1.29 is 37.8 Å². The van der Waals surface area contributed by atoms with Gasteiger partial charge in [-0.25, -0.2) is 13.6 Å². The summed E-state index contributed by atoms with van der Waals surface area (Å²) in [6.45, 7) is 2.58. The Hall–Kier alpha value is -5.77. The first kappa shape index (κ1) is 41.6. The minimum atomic E-state index is -1.18. The summed E-state index contributed by atoms with van der Waals surface area (Å²) >= 11 is 0. The molecule has 3 aromatic carbocycles. The van der Waals surface area contributed by atoms with Crippen LogP contribution in [-0.4, -0.2) is 73.6 Å². The molecule has 0 heterocycles. The lowest BCUT2D eigenvalue weighted by atomic mass is 9.90. The number of amides is 5. The molecule has 53 heavy (non-hydrogen) atoms. The number of aromatic hydroxyl groups is 1. The highest BCUT2D eigenvalue weighted by Crippen LogP contribution is 2.28. The van der Waals surface area contributed by atoms with E-state index < -0.39 is 59.3 Å². The molecule has 0 fully saturated rings. The number of halogens is 2. The number of aliphatic imine (C=N–C) groups is 1. The lowest BCUT2D eigenvalue weighted by Crippen LogP contribution is -2.48. The first-order valence-electron chi connectivity index (χ1n) is 17.4. The number of hydrogen-bond donors (Lipinski definition) is 8. The van der Waals surface area contributed by atoms with Crippen molar-refractivity contribution in [2.75, 3.05) is 32.8 Å². The van der Waals surface area contributed by atoms with E-state index in [1.165, 1.54) is 0 Å². The first-order chi connectivity index (χ1) is 25.5. The van der Waals surface area contributed by atoms with Crippen molar-refractivity contribution in [2.45, 2.75) is 57.5 Å². The number of carbonyl (C=O) groups excluding carboxylic acids is 4. The van der Waals surface area contributed by atoms with Crippen molar-refractivity contribution >= 4 is 29.7 Å². The third-order valence-electron chi connectivity index (χ3n) is 7.88.